The van der Waals surface area contributed by atoms with Gasteiger partial charge in [-0.15, -0.1) is 0 Å². The molecule has 0 unspecified atom stereocenters. The molecule has 1 N–H and O–H groups in total. The molecule has 0 atom stereocenters. The lowest BCUT2D eigenvalue weighted by molar-refractivity contribution is -0.123. The number of halogens is 5. The molecule has 5 nitrogen and oxygen atoms in total. The van der Waals surface area contributed by atoms with Crippen LogP contribution in [0.3, 0.4) is 0 Å². The first-order valence-corrected chi connectivity index (χ1v) is 8.55. The van der Waals surface area contributed by atoms with Crippen molar-refractivity contribution in [2.24, 2.45) is 0 Å². The first kappa shape index (κ1) is 21.3. The van der Waals surface area contributed by atoms with E-state index in [1.165, 1.54) is 6.07 Å². The van der Waals surface area contributed by atoms with Crippen molar-refractivity contribution in [1.82, 2.24) is 5.32 Å². The number of benzene rings is 2. The average molecular weight is 427 g/mol. The number of nitrogens with one attached hydrogen (secondary N) is 1. The molecule has 0 saturated carbocycles. The van der Waals surface area contributed by atoms with Crippen LogP contribution >= 0.6 is 0 Å². The van der Waals surface area contributed by atoms with Crippen LogP contribution in [-0.4, -0.2) is 12.5 Å². The van der Waals surface area contributed by atoms with Crippen molar-refractivity contribution in [1.29, 1.82) is 0 Å². The molecule has 30 heavy (non-hydrogen) atoms. The van der Waals surface area contributed by atoms with E-state index in [2.05, 4.69) is 10.1 Å². The van der Waals surface area contributed by atoms with Crippen LogP contribution in [0.5, 0.6) is 5.75 Å². The van der Waals surface area contributed by atoms with Gasteiger partial charge in [0.25, 0.3) is 5.91 Å². The Bertz CT molecular complexity index is 1190. The molecule has 0 aliphatic carbocycles. The highest BCUT2D eigenvalue weighted by atomic mass is 19.2. The van der Waals surface area contributed by atoms with Crippen LogP contribution in [0.15, 0.2) is 27.4 Å². The fourth-order valence-corrected chi connectivity index (χ4v) is 2.72. The second kappa shape index (κ2) is 8.13. The minimum absolute atomic E-state index is 0.163. The number of carbonyl (C=O) groups excluding carboxylic acids is 1. The van der Waals surface area contributed by atoms with E-state index in [0.29, 0.717) is 16.5 Å². The Morgan fingerprint density at radius 1 is 0.933 bits per heavy atom. The molecule has 10 heteroatoms. The smallest absolute Gasteiger partial charge is 0.336 e. The summed E-state index contributed by atoms with van der Waals surface area (Å²) in [5.41, 5.74) is 1.88. The van der Waals surface area contributed by atoms with Crippen LogP contribution in [0.25, 0.3) is 11.0 Å². The van der Waals surface area contributed by atoms with Crippen molar-refractivity contribution < 1.29 is 35.9 Å². The Balaban J connectivity index is 1.75. The molecule has 0 spiro atoms. The van der Waals surface area contributed by atoms with Crippen molar-refractivity contribution in [2.45, 2.75) is 20.4 Å². The number of hydrogen-bond acceptors (Lipinski definition) is 4. The van der Waals surface area contributed by atoms with Crippen LogP contribution in [0, 0.1) is 42.9 Å². The highest BCUT2D eigenvalue weighted by Gasteiger charge is 2.27. The third kappa shape index (κ3) is 3.98. The molecule has 0 radical (unpaired) electrons. The van der Waals surface area contributed by atoms with Gasteiger partial charge in [-0.1, -0.05) is 0 Å². The predicted molar refractivity (Wildman–Crippen MR) is 95.5 cm³/mol. The van der Waals surface area contributed by atoms with E-state index in [4.69, 9.17) is 4.42 Å². The molecular formula is C20H14F5NO4. The van der Waals surface area contributed by atoms with Crippen LogP contribution in [0.4, 0.5) is 22.0 Å². The fourth-order valence-electron chi connectivity index (χ4n) is 2.72. The maximum atomic E-state index is 13.6. The molecular weight excluding hydrogens is 413 g/mol. The van der Waals surface area contributed by atoms with Crippen molar-refractivity contribution >= 4 is 16.9 Å². The van der Waals surface area contributed by atoms with Crippen LogP contribution in [0.1, 0.15) is 16.7 Å². The summed E-state index contributed by atoms with van der Waals surface area (Å²) in [7, 11) is 0. The molecule has 3 rings (SSSR count). The molecule has 2 aromatic carbocycles. The lowest BCUT2D eigenvalue weighted by Crippen LogP contribution is -2.29. The summed E-state index contributed by atoms with van der Waals surface area (Å²) in [6.45, 7) is 2.50. The van der Waals surface area contributed by atoms with Gasteiger partial charge in [0.2, 0.25) is 29.1 Å². The van der Waals surface area contributed by atoms with Crippen molar-refractivity contribution in [2.75, 3.05) is 6.61 Å². The molecule has 0 aliphatic heterocycles. The number of ether oxygens (including phenoxy) is 1. The van der Waals surface area contributed by atoms with E-state index < -0.39 is 53.0 Å². The van der Waals surface area contributed by atoms with Gasteiger partial charge in [0, 0.05) is 18.0 Å². The summed E-state index contributed by atoms with van der Waals surface area (Å²) >= 11 is 0. The van der Waals surface area contributed by atoms with Gasteiger partial charge < -0.3 is 14.5 Å². The molecule has 0 fully saturated rings. The highest BCUT2D eigenvalue weighted by Crippen LogP contribution is 2.29. The average Bonchev–Trinajstić information content (AvgIpc) is 2.70. The number of hydrogen-bond donors (Lipinski definition) is 1. The molecule has 0 saturated heterocycles. The maximum absolute atomic E-state index is 13.6. The first-order chi connectivity index (χ1) is 14.1. The number of amides is 1. The van der Waals surface area contributed by atoms with Crippen molar-refractivity contribution in [3.63, 3.8) is 0 Å². The zero-order valence-electron chi connectivity index (χ0n) is 15.7. The molecule has 0 bridgehead atoms. The SMILES string of the molecule is Cc1cc2oc(=O)cc(CNC(=O)COc3c(F)c(F)c(F)c(F)c3F)c2cc1C. The van der Waals surface area contributed by atoms with Gasteiger partial charge in [0.1, 0.15) is 5.58 Å². The van der Waals surface area contributed by atoms with E-state index in [-0.39, 0.29) is 6.54 Å². The Morgan fingerprint density at radius 3 is 2.13 bits per heavy atom. The zero-order chi connectivity index (χ0) is 22.2. The Morgan fingerprint density at radius 2 is 1.50 bits per heavy atom. The van der Waals surface area contributed by atoms with E-state index in [1.807, 2.05) is 13.8 Å². The minimum Gasteiger partial charge on any atom is -0.477 e. The quantitative estimate of drug-likeness (QED) is 0.291. The summed E-state index contributed by atoms with van der Waals surface area (Å²) < 4.78 is 76.1. The summed E-state index contributed by atoms with van der Waals surface area (Å²) in [4.78, 5) is 23.7. The summed E-state index contributed by atoms with van der Waals surface area (Å²) in [6.07, 6.45) is 0. The van der Waals surface area contributed by atoms with E-state index in [1.54, 1.807) is 12.1 Å². The second-order valence-electron chi connectivity index (χ2n) is 6.49. The zero-order valence-corrected chi connectivity index (χ0v) is 15.7. The number of aryl methyl sites for hydroxylation is 2. The highest BCUT2D eigenvalue weighted by molar-refractivity contribution is 5.83. The number of rotatable bonds is 5. The third-order valence-corrected chi connectivity index (χ3v) is 4.44. The van der Waals surface area contributed by atoms with Crippen molar-refractivity contribution in [3.8, 4) is 5.75 Å². The standard InChI is InChI=1S/C20H14F5NO4/c1-8-3-11-10(5-14(28)30-12(11)4-9(8)2)6-26-13(27)7-29-20-18(24)16(22)15(21)17(23)19(20)25/h3-5H,6-7H2,1-2H3,(H,26,27). The Hall–Kier alpha value is -3.43. The molecule has 0 aliphatic rings. The van der Waals surface area contributed by atoms with E-state index >= 15 is 0 Å². The molecule has 1 heterocycles. The predicted octanol–water partition coefficient (Wildman–Crippen LogP) is 3.80. The Labute approximate surface area is 166 Å². The molecule has 1 amide bonds. The van der Waals surface area contributed by atoms with Gasteiger partial charge in [-0.25, -0.2) is 18.0 Å². The topological polar surface area (TPSA) is 68.5 Å². The number of fused-ring (bicyclic) bond motifs is 1. The fraction of sp³-hybridized carbons (Fsp3) is 0.200. The first-order valence-electron chi connectivity index (χ1n) is 8.55. The maximum Gasteiger partial charge on any atom is 0.336 e. The lowest BCUT2D eigenvalue weighted by atomic mass is 10.0. The summed E-state index contributed by atoms with van der Waals surface area (Å²) in [6, 6.07) is 4.60. The molecule has 158 valence electrons. The van der Waals surface area contributed by atoms with Crippen molar-refractivity contribution in [3.05, 3.63) is 74.4 Å². The molecule has 3 aromatic rings. The van der Waals surface area contributed by atoms with Gasteiger partial charge >= 0.3 is 5.63 Å². The van der Waals surface area contributed by atoms with Crippen LogP contribution in [0.2, 0.25) is 0 Å². The van der Waals surface area contributed by atoms with Gasteiger partial charge in [-0.05, 0) is 42.7 Å². The Kier molecular flexibility index (Phi) is 5.77. The number of carbonyl (C=O) groups is 1. The summed E-state index contributed by atoms with van der Waals surface area (Å²) in [5, 5.41) is 2.92. The minimum atomic E-state index is -2.33. The van der Waals surface area contributed by atoms with Gasteiger partial charge in [0.05, 0.1) is 0 Å². The molecule has 1 aromatic heterocycles. The van der Waals surface area contributed by atoms with Gasteiger partial charge in [0.15, 0.2) is 12.4 Å². The third-order valence-electron chi connectivity index (χ3n) is 4.44. The second-order valence-corrected chi connectivity index (χ2v) is 6.49. The van der Waals surface area contributed by atoms with Gasteiger partial charge in [-0.2, -0.15) is 8.78 Å². The monoisotopic (exact) mass is 427 g/mol. The summed E-state index contributed by atoms with van der Waals surface area (Å²) in [5.74, 6) is -13.5. The van der Waals surface area contributed by atoms with Crippen LogP contribution in [-0.2, 0) is 11.3 Å². The van der Waals surface area contributed by atoms with E-state index in [0.717, 1.165) is 11.1 Å². The normalized spacial score (nSPS) is 11.0. The van der Waals surface area contributed by atoms with Gasteiger partial charge in [-0.3, -0.25) is 4.79 Å². The lowest BCUT2D eigenvalue weighted by Gasteiger charge is -2.11. The largest absolute Gasteiger partial charge is 0.477 e. The van der Waals surface area contributed by atoms with Crippen LogP contribution < -0.4 is 15.7 Å². The van der Waals surface area contributed by atoms with E-state index in [9.17, 15) is 31.5 Å².